The zero-order valence-electron chi connectivity index (χ0n) is 9.60. The molecule has 0 saturated carbocycles. The Morgan fingerprint density at radius 2 is 2.06 bits per heavy atom. The first-order valence-corrected chi connectivity index (χ1v) is 5.82. The molecule has 0 aliphatic carbocycles. The van der Waals surface area contributed by atoms with Crippen LogP contribution in [0.2, 0.25) is 0 Å². The van der Waals surface area contributed by atoms with Gasteiger partial charge in [-0.15, -0.1) is 0 Å². The lowest BCUT2D eigenvalue weighted by atomic mass is 10.1. The molecule has 1 amide bonds. The van der Waals surface area contributed by atoms with E-state index in [1.165, 1.54) is 6.07 Å². The van der Waals surface area contributed by atoms with Gasteiger partial charge in [-0.3, -0.25) is 4.79 Å². The average molecular weight is 288 g/mol. The van der Waals surface area contributed by atoms with Gasteiger partial charge in [0.2, 0.25) is 5.91 Å². The Morgan fingerprint density at radius 1 is 1.44 bits per heavy atom. The lowest BCUT2D eigenvalue weighted by molar-refractivity contribution is -0.121. The molecule has 1 rings (SSSR count). The van der Waals surface area contributed by atoms with Gasteiger partial charge in [0.05, 0.1) is 6.42 Å². The van der Waals surface area contributed by atoms with E-state index in [0.29, 0.717) is 5.56 Å². The number of hydrogen-bond acceptors (Lipinski definition) is 1. The maximum absolute atomic E-state index is 13.4. The average Bonchev–Trinajstić information content (AvgIpc) is 2.08. The van der Waals surface area contributed by atoms with Gasteiger partial charge in [-0.05, 0) is 44.5 Å². The first-order chi connectivity index (χ1) is 7.28. The SMILES string of the molecule is CC(C)(C)NC(=O)Cc1cc(Br)ccc1F. The topological polar surface area (TPSA) is 29.1 Å². The number of carbonyl (C=O) groups is 1. The van der Waals surface area contributed by atoms with Crippen molar-refractivity contribution in [2.24, 2.45) is 0 Å². The second-order valence-electron chi connectivity index (χ2n) is 4.71. The van der Waals surface area contributed by atoms with Crippen LogP contribution in [0.1, 0.15) is 26.3 Å². The first kappa shape index (κ1) is 13.2. The summed E-state index contributed by atoms with van der Waals surface area (Å²) in [7, 11) is 0. The number of amides is 1. The zero-order valence-corrected chi connectivity index (χ0v) is 11.2. The Labute approximate surface area is 103 Å². The molecule has 2 nitrogen and oxygen atoms in total. The molecule has 0 aromatic heterocycles. The lowest BCUT2D eigenvalue weighted by Crippen LogP contribution is -2.41. The maximum atomic E-state index is 13.4. The molecule has 0 radical (unpaired) electrons. The van der Waals surface area contributed by atoms with Crippen LogP contribution >= 0.6 is 15.9 Å². The summed E-state index contributed by atoms with van der Waals surface area (Å²) in [5.74, 6) is -0.531. The molecule has 16 heavy (non-hydrogen) atoms. The smallest absolute Gasteiger partial charge is 0.224 e. The zero-order chi connectivity index (χ0) is 12.3. The summed E-state index contributed by atoms with van der Waals surface area (Å²) >= 11 is 3.25. The van der Waals surface area contributed by atoms with Crippen molar-refractivity contribution >= 4 is 21.8 Å². The van der Waals surface area contributed by atoms with Crippen molar-refractivity contribution in [3.05, 3.63) is 34.1 Å². The molecule has 1 N–H and O–H groups in total. The van der Waals surface area contributed by atoms with Gasteiger partial charge in [0.25, 0.3) is 0 Å². The van der Waals surface area contributed by atoms with Gasteiger partial charge >= 0.3 is 0 Å². The summed E-state index contributed by atoms with van der Waals surface area (Å²) in [4.78, 5) is 11.6. The van der Waals surface area contributed by atoms with Crippen LogP contribution in [0.25, 0.3) is 0 Å². The predicted molar refractivity (Wildman–Crippen MR) is 65.7 cm³/mol. The predicted octanol–water partition coefficient (Wildman–Crippen LogP) is 3.05. The lowest BCUT2D eigenvalue weighted by Gasteiger charge is -2.20. The molecule has 0 aliphatic heterocycles. The van der Waals surface area contributed by atoms with Crippen LogP contribution in [-0.4, -0.2) is 11.4 Å². The van der Waals surface area contributed by atoms with E-state index in [9.17, 15) is 9.18 Å². The third-order valence-corrected chi connectivity index (χ3v) is 2.37. The van der Waals surface area contributed by atoms with Gasteiger partial charge in [-0.2, -0.15) is 0 Å². The van der Waals surface area contributed by atoms with Crippen LogP contribution in [0.5, 0.6) is 0 Å². The number of halogens is 2. The van der Waals surface area contributed by atoms with Crippen LogP contribution in [0, 0.1) is 5.82 Å². The molecule has 0 atom stereocenters. The molecule has 0 spiro atoms. The van der Waals surface area contributed by atoms with E-state index in [0.717, 1.165) is 4.47 Å². The molecular weight excluding hydrogens is 273 g/mol. The summed E-state index contributed by atoms with van der Waals surface area (Å²) in [5, 5.41) is 2.79. The van der Waals surface area contributed by atoms with Crippen molar-refractivity contribution in [2.75, 3.05) is 0 Å². The third-order valence-electron chi connectivity index (χ3n) is 1.87. The minimum atomic E-state index is -0.354. The summed E-state index contributed by atoms with van der Waals surface area (Å²) in [6, 6.07) is 4.59. The van der Waals surface area contributed by atoms with Crippen LogP contribution in [0.15, 0.2) is 22.7 Å². The fourth-order valence-corrected chi connectivity index (χ4v) is 1.72. The highest BCUT2D eigenvalue weighted by Gasteiger charge is 2.15. The highest BCUT2D eigenvalue weighted by Crippen LogP contribution is 2.16. The van der Waals surface area contributed by atoms with Gasteiger partial charge in [0.1, 0.15) is 5.82 Å². The van der Waals surface area contributed by atoms with Crippen molar-refractivity contribution in [3.8, 4) is 0 Å². The number of nitrogens with one attached hydrogen (secondary N) is 1. The molecule has 0 aliphatic rings. The van der Waals surface area contributed by atoms with E-state index in [-0.39, 0.29) is 23.7 Å². The van der Waals surface area contributed by atoms with Crippen LogP contribution in [0.3, 0.4) is 0 Å². The highest BCUT2D eigenvalue weighted by atomic mass is 79.9. The van der Waals surface area contributed by atoms with Gasteiger partial charge in [-0.1, -0.05) is 15.9 Å². The van der Waals surface area contributed by atoms with E-state index in [1.807, 2.05) is 20.8 Å². The van der Waals surface area contributed by atoms with Crippen molar-refractivity contribution in [2.45, 2.75) is 32.7 Å². The van der Waals surface area contributed by atoms with E-state index >= 15 is 0 Å². The molecule has 0 saturated heterocycles. The van der Waals surface area contributed by atoms with Crippen molar-refractivity contribution in [3.63, 3.8) is 0 Å². The monoisotopic (exact) mass is 287 g/mol. The maximum Gasteiger partial charge on any atom is 0.224 e. The largest absolute Gasteiger partial charge is 0.351 e. The first-order valence-electron chi connectivity index (χ1n) is 5.03. The Balaban J connectivity index is 2.73. The van der Waals surface area contributed by atoms with Crippen molar-refractivity contribution in [1.29, 1.82) is 0 Å². The molecule has 0 unspecified atom stereocenters. The van der Waals surface area contributed by atoms with Crippen molar-refractivity contribution in [1.82, 2.24) is 5.32 Å². The van der Waals surface area contributed by atoms with E-state index in [2.05, 4.69) is 21.2 Å². The molecule has 0 heterocycles. The number of hydrogen-bond donors (Lipinski definition) is 1. The Morgan fingerprint density at radius 3 is 2.62 bits per heavy atom. The second kappa shape index (κ2) is 4.95. The van der Waals surface area contributed by atoms with Crippen LogP contribution in [-0.2, 0) is 11.2 Å². The van der Waals surface area contributed by atoms with Gasteiger partial charge in [-0.25, -0.2) is 4.39 Å². The molecular formula is C12H15BrFNO. The van der Waals surface area contributed by atoms with Crippen LogP contribution < -0.4 is 5.32 Å². The Bertz CT molecular complexity index is 398. The number of carbonyl (C=O) groups excluding carboxylic acids is 1. The van der Waals surface area contributed by atoms with E-state index in [1.54, 1.807) is 12.1 Å². The Kier molecular flexibility index (Phi) is 4.08. The Hall–Kier alpha value is -0.900. The summed E-state index contributed by atoms with van der Waals surface area (Å²) in [5.41, 5.74) is 0.107. The molecule has 1 aromatic carbocycles. The number of benzene rings is 1. The quantitative estimate of drug-likeness (QED) is 0.890. The van der Waals surface area contributed by atoms with Gasteiger partial charge in [0.15, 0.2) is 0 Å². The van der Waals surface area contributed by atoms with Gasteiger partial charge < -0.3 is 5.32 Å². The standard InChI is InChI=1S/C12H15BrFNO/c1-12(2,3)15-11(16)7-8-6-9(13)4-5-10(8)14/h4-6H,7H2,1-3H3,(H,15,16). The number of rotatable bonds is 2. The highest BCUT2D eigenvalue weighted by molar-refractivity contribution is 9.10. The minimum Gasteiger partial charge on any atom is -0.351 e. The summed E-state index contributed by atoms with van der Waals surface area (Å²) in [6.45, 7) is 5.67. The van der Waals surface area contributed by atoms with Crippen molar-refractivity contribution < 1.29 is 9.18 Å². The minimum absolute atomic E-state index is 0.0581. The molecule has 0 fully saturated rings. The van der Waals surface area contributed by atoms with E-state index in [4.69, 9.17) is 0 Å². The summed E-state index contributed by atoms with van der Waals surface area (Å²) in [6.07, 6.45) is 0.0581. The molecule has 0 bridgehead atoms. The van der Waals surface area contributed by atoms with E-state index < -0.39 is 0 Å². The normalized spacial score (nSPS) is 11.3. The fraction of sp³-hybridized carbons (Fsp3) is 0.417. The molecule has 1 aromatic rings. The molecule has 88 valence electrons. The second-order valence-corrected chi connectivity index (χ2v) is 5.63. The van der Waals surface area contributed by atoms with Crippen LogP contribution in [0.4, 0.5) is 4.39 Å². The third kappa shape index (κ3) is 4.31. The molecule has 4 heteroatoms. The fourth-order valence-electron chi connectivity index (χ4n) is 1.31. The van der Waals surface area contributed by atoms with Gasteiger partial charge in [0, 0.05) is 10.0 Å². The summed E-state index contributed by atoms with van der Waals surface area (Å²) < 4.78 is 14.1.